The van der Waals surface area contributed by atoms with E-state index in [1.165, 1.54) is 0 Å². The number of carboxylic acid groups (broad SMARTS) is 1. The van der Waals surface area contributed by atoms with Crippen LogP contribution < -0.4 is 0 Å². The predicted molar refractivity (Wildman–Crippen MR) is 51.3 cm³/mol. The second kappa shape index (κ2) is 5.19. The van der Waals surface area contributed by atoms with Crippen molar-refractivity contribution in [2.45, 2.75) is 33.5 Å². The maximum absolute atomic E-state index is 12.8. The highest BCUT2D eigenvalue weighted by Gasteiger charge is 2.91. The summed E-state index contributed by atoms with van der Waals surface area (Å²) in [5.41, 5.74) is 0. The van der Waals surface area contributed by atoms with Gasteiger partial charge in [0.25, 0.3) is 0 Å². The second-order valence-corrected chi connectivity index (χ2v) is 5.03. The van der Waals surface area contributed by atoms with Crippen LogP contribution in [0.1, 0.15) is 0 Å². The molecule has 0 aromatic heterocycles. The van der Waals surface area contributed by atoms with Crippen molar-refractivity contribution in [3.05, 3.63) is 0 Å². The third-order valence-electron chi connectivity index (χ3n) is 2.20. The van der Waals surface area contributed by atoms with E-state index < -0.39 is 62.1 Å². The molecule has 0 spiro atoms. The van der Waals surface area contributed by atoms with E-state index in [0.717, 1.165) is 0 Å². The molecule has 0 aromatic carbocycles. The van der Waals surface area contributed by atoms with Crippen LogP contribution >= 0.6 is 22.6 Å². The fourth-order valence-electron chi connectivity index (χ4n) is 0.904. The lowest BCUT2D eigenvalue weighted by atomic mass is 9.94. The van der Waals surface area contributed by atoms with Crippen LogP contribution in [-0.4, -0.2) is 44.6 Å². The lowest BCUT2D eigenvalue weighted by Gasteiger charge is -2.39. The zero-order chi connectivity index (χ0) is 18.6. The van der Waals surface area contributed by atoms with E-state index in [2.05, 4.69) is 0 Å². The first-order valence-electron chi connectivity index (χ1n) is 4.38. The number of hydrogen-bond donors (Lipinski definition) is 1. The van der Waals surface area contributed by atoms with Gasteiger partial charge in [-0.15, -0.1) is 0 Å². The third-order valence-corrected chi connectivity index (χ3v) is 2.88. The first-order valence-corrected chi connectivity index (χ1v) is 5.46. The molecule has 0 aliphatic rings. The van der Waals surface area contributed by atoms with E-state index in [4.69, 9.17) is 5.11 Å². The molecule has 0 aliphatic carbocycles. The van der Waals surface area contributed by atoms with Gasteiger partial charge in [-0.05, 0) is 0 Å². The van der Waals surface area contributed by atoms with Crippen molar-refractivity contribution < 1.29 is 62.6 Å². The first kappa shape index (κ1) is 21.4. The van der Waals surface area contributed by atoms with Gasteiger partial charge in [-0.2, -0.15) is 52.7 Å². The maximum atomic E-state index is 12.8. The summed E-state index contributed by atoms with van der Waals surface area (Å²) < 4.78 is 145. The van der Waals surface area contributed by atoms with Crippen LogP contribution in [0.5, 0.6) is 0 Å². The summed E-state index contributed by atoms with van der Waals surface area (Å²) in [6.45, 7) is 0. The van der Waals surface area contributed by atoms with Crippen molar-refractivity contribution in [3.8, 4) is 0 Å². The molecule has 0 rings (SSSR count). The number of alkyl halides is 13. The molecule has 0 aromatic rings. The number of halogens is 13. The van der Waals surface area contributed by atoms with Crippen LogP contribution in [0.2, 0.25) is 0 Å². The van der Waals surface area contributed by atoms with E-state index in [0.29, 0.717) is 0 Å². The average molecular weight is 472 g/mol. The molecule has 0 aliphatic heterocycles. The molecule has 0 bridgehead atoms. The molecule has 0 saturated heterocycles. The van der Waals surface area contributed by atoms with Crippen molar-refractivity contribution in [1.82, 2.24) is 0 Å². The summed E-state index contributed by atoms with van der Waals surface area (Å²) in [4.78, 5) is 9.74. The van der Waals surface area contributed by atoms with Gasteiger partial charge in [-0.3, -0.25) is 0 Å². The third kappa shape index (κ3) is 2.57. The Balaban J connectivity index is 6.29. The van der Waals surface area contributed by atoms with Gasteiger partial charge < -0.3 is 5.11 Å². The van der Waals surface area contributed by atoms with Gasteiger partial charge in [0.05, 0.1) is 0 Å². The van der Waals surface area contributed by atoms with Crippen LogP contribution in [0, 0.1) is 0 Å². The van der Waals surface area contributed by atoms with Crippen molar-refractivity contribution >= 4 is 28.6 Å². The van der Waals surface area contributed by atoms with Crippen LogP contribution in [0.15, 0.2) is 0 Å². The number of rotatable bonds is 6. The van der Waals surface area contributed by atoms with Gasteiger partial charge in [-0.25, -0.2) is 4.79 Å². The Labute approximate surface area is 125 Å². The Bertz CT molecular complexity index is 453. The molecule has 1 N–H and O–H groups in total. The molecule has 0 unspecified atom stereocenters. The summed E-state index contributed by atoms with van der Waals surface area (Å²) in [6.07, 6.45) is 0. The summed E-state index contributed by atoms with van der Waals surface area (Å²) in [5, 5.41) is 7.62. The molecule has 132 valence electrons. The van der Waals surface area contributed by atoms with Crippen LogP contribution in [0.3, 0.4) is 0 Å². The highest BCUT2D eigenvalue weighted by Crippen LogP contribution is 2.61. The maximum Gasteiger partial charge on any atom is 0.410 e. The van der Waals surface area contributed by atoms with Gasteiger partial charge in [0, 0.05) is 22.6 Å². The van der Waals surface area contributed by atoms with E-state index in [9.17, 15) is 57.5 Å². The predicted octanol–water partition coefficient (Wildman–Crippen LogP) is 4.28. The molecular formula is C7HF12IO2. The second-order valence-electron chi connectivity index (χ2n) is 3.67. The van der Waals surface area contributed by atoms with Crippen molar-refractivity contribution in [1.29, 1.82) is 0 Å². The number of aliphatic carboxylic acids is 1. The zero-order valence-corrected chi connectivity index (χ0v) is 11.4. The monoisotopic (exact) mass is 472 g/mol. The minimum Gasteiger partial charge on any atom is -0.477 e. The molecule has 0 amide bonds. The minimum absolute atomic E-state index is 0.798. The lowest BCUT2D eigenvalue weighted by molar-refractivity contribution is -0.410. The fourth-order valence-corrected chi connectivity index (χ4v) is 1.24. The first-order chi connectivity index (χ1) is 9.19. The molecule has 0 heterocycles. The summed E-state index contributed by atoms with van der Waals surface area (Å²) in [7, 11) is 0. The summed E-state index contributed by atoms with van der Waals surface area (Å²) in [5.74, 6) is -41.4. The molecule has 15 heteroatoms. The summed E-state index contributed by atoms with van der Waals surface area (Å²) >= 11 is -0.798. The number of hydrogen-bond acceptors (Lipinski definition) is 1. The largest absolute Gasteiger partial charge is 0.477 e. The molecular weight excluding hydrogens is 471 g/mol. The minimum atomic E-state index is -7.83. The van der Waals surface area contributed by atoms with E-state index in [1.54, 1.807) is 0 Å². The number of carbonyl (C=O) groups is 1. The fraction of sp³-hybridized carbons (Fsp3) is 0.857. The molecule has 0 atom stereocenters. The average Bonchev–Trinajstić information content (AvgIpc) is 2.25. The lowest BCUT2D eigenvalue weighted by Crippen LogP contribution is -2.71. The molecule has 2 nitrogen and oxygen atoms in total. The van der Waals surface area contributed by atoms with Gasteiger partial charge in [0.1, 0.15) is 0 Å². The standard InChI is InChI=1S/C7HF12IO2/c8-2(9,1(21)22)3(10,11)4(12,13)5(14,15)6(16,17)7(18,19)20/h(H,21,22). The Kier molecular flexibility index (Phi) is 5.04. The smallest absolute Gasteiger partial charge is 0.410 e. The number of carboxylic acids is 1. The Morgan fingerprint density at radius 1 is 0.636 bits per heavy atom. The van der Waals surface area contributed by atoms with E-state index >= 15 is 0 Å². The topological polar surface area (TPSA) is 37.3 Å². The molecule has 0 radical (unpaired) electrons. The SMILES string of the molecule is O=C(O)C(F)(F)C(F)(F)C(F)(F)C(F)(F)C(F)(F)C(F)(F)I. The van der Waals surface area contributed by atoms with Crippen LogP contribution in [0.4, 0.5) is 52.7 Å². The van der Waals surface area contributed by atoms with Crippen molar-refractivity contribution in [3.63, 3.8) is 0 Å². The van der Waals surface area contributed by atoms with Gasteiger partial charge in [0.15, 0.2) is 0 Å². The van der Waals surface area contributed by atoms with Crippen molar-refractivity contribution in [2.75, 3.05) is 0 Å². The van der Waals surface area contributed by atoms with Crippen LogP contribution in [0.25, 0.3) is 0 Å². The molecule has 0 saturated carbocycles. The van der Waals surface area contributed by atoms with Gasteiger partial charge in [-0.1, -0.05) is 0 Å². The van der Waals surface area contributed by atoms with Gasteiger partial charge in [0.2, 0.25) is 0 Å². The van der Waals surface area contributed by atoms with E-state index in [-0.39, 0.29) is 0 Å². The van der Waals surface area contributed by atoms with Gasteiger partial charge >= 0.3 is 39.5 Å². The molecule has 0 fully saturated rings. The Morgan fingerprint density at radius 3 is 1.14 bits per heavy atom. The zero-order valence-electron chi connectivity index (χ0n) is 9.27. The summed E-state index contributed by atoms with van der Waals surface area (Å²) in [6, 6.07) is 0. The highest BCUT2D eigenvalue weighted by molar-refractivity contribution is 14.1. The normalized spacial score (nSPS) is 15.9. The highest BCUT2D eigenvalue weighted by atomic mass is 127. The van der Waals surface area contributed by atoms with Crippen molar-refractivity contribution in [2.24, 2.45) is 0 Å². The Hall–Kier alpha value is -0.640. The quantitative estimate of drug-likeness (QED) is 0.357. The Morgan fingerprint density at radius 2 is 0.909 bits per heavy atom. The molecule has 22 heavy (non-hydrogen) atoms. The van der Waals surface area contributed by atoms with E-state index in [1.807, 2.05) is 0 Å². The van der Waals surface area contributed by atoms with Crippen LogP contribution in [-0.2, 0) is 4.79 Å².